The monoisotopic (exact) mass is 419 g/mol. The summed E-state index contributed by atoms with van der Waals surface area (Å²) in [5.74, 6) is -2.94. The lowest BCUT2D eigenvalue weighted by molar-refractivity contribution is -0.0535. The normalized spacial score (nSPS) is 18.1. The maximum absolute atomic E-state index is 14.7. The molecule has 30 heavy (non-hydrogen) atoms. The van der Waals surface area contributed by atoms with E-state index in [4.69, 9.17) is 0 Å². The van der Waals surface area contributed by atoms with Gasteiger partial charge in [-0.05, 0) is 56.9 Å². The predicted octanol–water partition coefficient (Wildman–Crippen LogP) is 6.47. The van der Waals surface area contributed by atoms with Crippen molar-refractivity contribution in [3.05, 3.63) is 65.2 Å². The predicted molar refractivity (Wildman–Crippen MR) is 120 cm³/mol. The summed E-state index contributed by atoms with van der Waals surface area (Å²) in [6.45, 7) is 10.6. The number of allylic oxidation sites excluding steroid dienone is 5. The lowest BCUT2D eigenvalue weighted by Gasteiger charge is -2.33. The molecule has 3 nitrogen and oxygen atoms in total. The first kappa shape index (κ1) is 23.9. The van der Waals surface area contributed by atoms with Crippen LogP contribution in [0.2, 0.25) is 0 Å². The molecule has 0 radical (unpaired) electrons. The van der Waals surface area contributed by atoms with Crippen LogP contribution in [0.25, 0.3) is 0 Å². The molecule has 1 aliphatic rings. The number of hydrogen-bond donors (Lipinski definition) is 0. The van der Waals surface area contributed by atoms with E-state index in [1.165, 1.54) is 6.07 Å². The Kier molecular flexibility index (Phi) is 8.90. The van der Waals surface area contributed by atoms with E-state index in [1.807, 2.05) is 56.0 Å². The second-order valence-corrected chi connectivity index (χ2v) is 7.76. The number of likely N-dealkylation sites (tertiary alicyclic amines) is 1. The average Bonchev–Trinajstić information content (AvgIpc) is 2.69. The Labute approximate surface area is 178 Å². The van der Waals surface area contributed by atoms with Crippen LogP contribution in [0.1, 0.15) is 45.1 Å². The van der Waals surface area contributed by atoms with Gasteiger partial charge in [0.05, 0.1) is 0 Å². The summed E-state index contributed by atoms with van der Waals surface area (Å²) < 4.78 is 41.7. The van der Waals surface area contributed by atoms with Crippen molar-refractivity contribution >= 4 is 12.4 Å². The van der Waals surface area contributed by atoms with Crippen LogP contribution < -0.4 is 5.01 Å². The fraction of sp³-hybridized carbons (Fsp3) is 0.458. The number of anilines is 1. The van der Waals surface area contributed by atoms with Crippen LogP contribution in [0, 0.1) is 12.7 Å². The minimum atomic E-state index is -2.58. The molecule has 1 aromatic carbocycles. The molecular formula is C24H32F3N3. The first-order valence-corrected chi connectivity index (χ1v) is 10.4. The summed E-state index contributed by atoms with van der Waals surface area (Å²) in [6.07, 6.45) is 9.04. The summed E-state index contributed by atoms with van der Waals surface area (Å²) in [4.78, 5) is 2.02. The third kappa shape index (κ3) is 6.87. The Morgan fingerprint density at radius 1 is 1.27 bits per heavy atom. The zero-order chi connectivity index (χ0) is 22.1. The number of nitrogens with zero attached hydrogens (tertiary/aromatic N) is 3. The maximum Gasteiger partial charge on any atom is 0.250 e. The topological polar surface area (TPSA) is 18.8 Å². The molecule has 1 heterocycles. The van der Waals surface area contributed by atoms with Gasteiger partial charge < -0.3 is 0 Å². The van der Waals surface area contributed by atoms with Crippen molar-refractivity contribution in [2.45, 2.75) is 52.4 Å². The highest BCUT2D eigenvalue weighted by atomic mass is 19.3. The van der Waals surface area contributed by atoms with E-state index in [9.17, 15) is 13.2 Å². The van der Waals surface area contributed by atoms with Gasteiger partial charge in [-0.15, -0.1) is 0 Å². The fourth-order valence-corrected chi connectivity index (χ4v) is 3.56. The van der Waals surface area contributed by atoms with E-state index in [1.54, 1.807) is 11.1 Å². The Morgan fingerprint density at radius 3 is 2.57 bits per heavy atom. The molecule has 0 aromatic heterocycles. The van der Waals surface area contributed by atoms with Gasteiger partial charge in [0, 0.05) is 44.9 Å². The number of piperidine rings is 1. The lowest BCUT2D eigenvalue weighted by Crippen LogP contribution is -2.40. The molecular weight excluding hydrogens is 387 g/mol. The minimum Gasteiger partial charge on any atom is -0.299 e. The third-order valence-electron chi connectivity index (χ3n) is 5.26. The summed E-state index contributed by atoms with van der Waals surface area (Å²) in [5, 5.41) is 5.66. The zero-order valence-corrected chi connectivity index (χ0v) is 18.2. The third-order valence-corrected chi connectivity index (χ3v) is 5.26. The van der Waals surface area contributed by atoms with Gasteiger partial charge in [-0.3, -0.25) is 4.90 Å². The summed E-state index contributed by atoms with van der Waals surface area (Å²) in [6, 6.07) is 5.01. The molecule has 0 atom stereocenters. The average molecular weight is 420 g/mol. The Morgan fingerprint density at radius 2 is 1.97 bits per heavy atom. The van der Waals surface area contributed by atoms with Crippen molar-refractivity contribution in [2.24, 2.45) is 5.10 Å². The van der Waals surface area contributed by atoms with Gasteiger partial charge in [-0.25, -0.2) is 18.2 Å². The molecule has 1 fully saturated rings. The van der Waals surface area contributed by atoms with Gasteiger partial charge in [0.1, 0.15) is 11.5 Å². The maximum atomic E-state index is 14.7. The smallest absolute Gasteiger partial charge is 0.250 e. The number of benzene rings is 1. The van der Waals surface area contributed by atoms with Crippen molar-refractivity contribution in [1.29, 1.82) is 0 Å². The zero-order valence-electron chi connectivity index (χ0n) is 18.2. The summed E-state index contributed by atoms with van der Waals surface area (Å²) >= 11 is 0. The number of halogens is 3. The van der Waals surface area contributed by atoms with E-state index >= 15 is 0 Å². The molecule has 1 aromatic rings. The molecule has 0 bridgehead atoms. The quantitative estimate of drug-likeness (QED) is 0.259. The van der Waals surface area contributed by atoms with Crippen molar-refractivity contribution in [3.8, 4) is 0 Å². The number of hydrogen-bond acceptors (Lipinski definition) is 3. The molecule has 0 amide bonds. The van der Waals surface area contributed by atoms with Crippen LogP contribution in [0.4, 0.5) is 18.9 Å². The number of alkyl halides is 2. The second-order valence-electron chi connectivity index (χ2n) is 7.76. The standard InChI is InChI=1S/C24H32F3N3/c1-5-6-7-8-9-10-22(20(3)18-29-15-13-24(26,27)14-16-29)30(28-4)23-12-11-19(2)17-21(23)25/h5-8,11-12,17H,4,9-10,13-16,18H2,1-3H3/b6-5-,8-7-,22-20-. The molecule has 2 rings (SSSR count). The van der Waals surface area contributed by atoms with Crippen molar-refractivity contribution in [1.82, 2.24) is 4.90 Å². The first-order chi connectivity index (χ1) is 14.3. The molecule has 0 unspecified atom stereocenters. The van der Waals surface area contributed by atoms with Gasteiger partial charge in [0.15, 0.2) is 0 Å². The molecule has 1 saturated heterocycles. The Bertz CT molecular complexity index is 802. The van der Waals surface area contributed by atoms with Crippen LogP contribution in [0.5, 0.6) is 0 Å². The van der Waals surface area contributed by atoms with E-state index in [0.29, 0.717) is 31.7 Å². The van der Waals surface area contributed by atoms with Crippen molar-refractivity contribution in [3.63, 3.8) is 0 Å². The van der Waals surface area contributed by atoms with E-state index in [2.05, 4.69) is 11.8 Å². The number of rotatable bonds is 9. The highest BCUT2D eigenvalue weighted by Gasteiger charge is 2.34. The number of aryl methyl sites for hydroxylation is 1. The van der Waals surface area contributed by atoms with Crippen LogP contribution in [-0.4, -0.2) is 37.2 Å². The summed E-state index contributed by atoms with van der Waals surface area (Å²) in [5.41, 5.74) is 2.99. The largest absolute Gasteiger partial charge is 0.299 e. The van der Waals surface area contributed by atoms with E-state index in [0.717, 1.165) is 23.3 Å². The van der Waals surface area contributed by atoms with Crippen molar-refractivity contribution < 1.29 is 13.2 Å². The van der Waals surface area contributed by atoms with Gasteiger partial charge in [0.2, 0.25) is 0 Å². The molecule has 6 heteroatoms. The molecule has 0 saturated carbocycles. The minimum absolute atomic E-state index is 0.127. The molecule has 0 spiro atoms. The Balaban J connectivity index is 2.29. The molecule has 0 N–H and O–H groups in total. The molecule has 164 valence electrons. The highest BCUT2D eigenvalue weighted by molar-refractivity contribution is 5.56. The first-order valence-electron chi connectivity index (χ1n) is 10.4. The highest BCUT2D eigenvalue weighted by Crippen LogP contribution is 2.31. The van der Waals surface area contributed by atoms with Gasteiger partial charge in [-0.2, -0.15) is 5.10 Å². The number of hydrazone groups is 1. The molecule has 0 aliphatic carbocycles. The lowest BCUT2D eigenvalue weighted by atomic mass is 10.0. The Hall–Kier alpha value is -2.34. The van der Waals surface area contributed by atoms with Gasteiger partial charge in [-0.1, -0.05) is 30.4 Å². The van der Waals surface area contributed by atoms with Gasteiger partial charge in [0.25, 0.3) is 5.92 Å². The van der Waals surface area contributed by atoms with E-state index in [-0.39, 0.29) is 18.7 Å². The second kappa shape index (κ2) is 11.2. The fourth-order valence-electron chi connectivity index (χ4n) is 3.56. The van der Waals surface area contributed by atoms with Crippen molar-refractivity contribution in [2.75, 3.05) is 24.6 Å². The summed E-state index contributed by atoms with van der Waals surface area (Å²) in [7, 11) is 0. The van der Waals surface area contributed by atoms with Crippen LogP contribution in [0.15, 0.2) is 58.9 Å². The van der Waals surface area contributed by atoms with E-state index < -0.39 is 5.92 Å². The molecule has 1 aliphatic heterocycles. The van der Waals surface area contributed by atoms with Gasteiger partial charge >= 0.3 is 0 Å². The SMILES string of the molecule is C=NN(/C(CC/C=C\C=C/C)=C(/C)CN1CCC(F)(F)CC1)c1ccc(C)cc1F. The van der Waals surface area contributed by atoms with Crippen LogP contribution in [0.3, 0.4) is 0 Å². The van der Waals surface area contributed by atoms with Crippen LogP contribution >= 0.6 is 0 Å². The van der Waals surface area contributed by atoms with Crippen LogP contribution in [-0.2, 0) is 0 Å².